The summed E-state index contributed by atoms with van der Waals surface area (Å²) in [4.78, 5) is 8.13. The minimum atomic E-state index is -4.38. The molecule has 0 spiro atoms. The van der Waals surface area contributed by atoms with Crippen molar-refractivity contribution in [3.05, 3.63) is 46.2 Å². The van der Waals surface area contributed by atoms with E-state index in [0.717, 1.165) is 18.5 Å². The summed E-state index contributed by atoms with van der Waals surface area (Å²) < 4.78 is 38.0. The molecule has 7 heteroatoms. The van der Waals surface area contributed by atoms with Crippen LogP contribution in [0.4, 0.5) is 13.2 Å². The molecule has 0 bridgehead atoms. The van der Waals surface area contributed by atoms with E-state index in [1.165, 1.54) is 6.20 Å². The molecule has 114 valence electrons. The summed E-state index contributed by atoms with van der Waals surface area (Å²) in [6.07, 6.45) is 1.84. The largest absolute Gasteiger partial charge is 0.443 e. The second-order valence-electron chi connectivity index (χ2n) is 4.64. The van der Waals surface area contributed by atoms with Crippen LogP contribution in [0.25, 0.3) is 0 Å². The molecule has 0 aliphatic carbocycles. The van der Waals surface area contributed by atoms with Gasteiger partial charge in [0.2, 0.25) is 0 Å². The second kappa shape index (κ2) is 7.00. The Kier molecular flexibility index (Phi) is 5.30. The van der Waals surface area contributed by atoms with Crippen LogP contribution in [0.5, 0.6) is 0 Å². The van der Waals surface area contributed by atoms with Gasteiger partial charge in [0.05, 0.1) is 0 Å². The molecule has 2 aromatic rings. The Labute approximate surface area is 125 Å². The van der Waals surface area contributed by atoms with Crippen LogP contribution < -0.4 is 5.32 Å². The molecule has 0 radical (unpaired) electrons. The number of nitrogens with zero attached hydrogens (tertiary/aromatic N) is 2. The topological polar surface area (TPSA) is 37.8 Å². The quantitative estimate of drug-likeness (QED) is 0.880. The van der Waals surface area contributed by atoms with Crippen molar-refractivity contribution in [3.63, 3.8) is 0 Å². The molecule has 21 heavy (non-hydrogen) atoms. The number of hydrogen-bond donors (Lipinski definition) is 1. The fraction of sp³-hybridized carbons (Fsp3) is 0.429. The van der Waals surface area contributed by atoms with Gasteiger partial charge < -0.3 is 5.32 Å². The Morgan fingerprint density at radius 3 is 2.71 bits per heavy atom. The summed E-state index contributed by atoms with van der Waals surface area (Å²) >= 11 is 0.699. The number of aromatic nitrogens is 2. The van der Waals surface area contributed by atoms with E-state index in [1.807, 2.05) is 19.1 Å². The molecule has 0 aliphatic rings. The Bertz CT molecular complexity index is 554. The van der Waals surface area contributed by atoms with Gasteiger partial charge in [0.25, 0.3) is 0 Å². The van der Waals surface area contributed by atoms with Crippen LogP contribution in [0.3, 0.4) is 0 Å². The molecule has 1 N–H and O–H groups in total. The van der Waals surface area contributed by atoms with Crippen molar-refractivity contribution in [1.29, 1.82) is 0 Å². The normalized spacial score (nSPS) is 13.3. The summed E-state index contributed by atoms with van der Waals surface area (Å²) in [5, 5.41) is 2.48. The van der Waals surface area contributed by atoms with E-state index in [1.54, 1.807) is 12.4 Å². The zero-order chi connectivity index (χ0) is 15.3. The highest BCUT2D eigenvalue weighted by atomic mass is 32.1. The SMILES string of the molecule is CCCNC(Cc1cccnc1)c1cnc(C(F)(F)F)s1. The molecule has 2 heterocycles. The van der Waals surface area contributed by atoms with Crippen LogP contribution in [0.1, 0.15) is 34.8 Å². The lowest BCUT2D eigenvalue weighted by Crippen LogP contribution is -2.23. The molecule has 0 amide bonds. The molecule has 0 saturated carbocycles. The first-order valence-electron chi connectivity index (χ1n) is 6.66. The number of pyridine rings is 1. The van der Waals surface area contributed by atoms with E-state index >= 15 is 0 Å². The van der Waals surface area contributed by atoms with Crippen LogP contribution >= 0.6 is 11.3 Å². The first-order chi connectivity index (χ1) is 10.0. The minimum absolute atomic E-state index is 0.178. The Balaban J connectivity index is 2.17. The highest BCUT2D eigenvalue weighted by Gasteiger charge is 2.35. The third-order valence-electron chi connectivity index (χ3n) is 2.91. The zero-order valence-corrected chi connectivity index (χ0v) is 12.3. The number of nitrogens with one attached hydrogen (secondary N) is 1. The molecule has 0 aliphatic heterocycles. The fourth-order valence-corrected chi connectivity index (χ4v) is 2.78. The van der Waals surface area contributed by atoms with Crippen molar-refractivity contribution in [1.82, 2.24) is 15.3 Å². The summed E-state index contributed by atoms with van der Waals surface area (Å²) in [7, 11) is 0. The fourth-order valence-electron chi connectivity index (χ4n) is 1.93. The van der Waals surface area contributed by atoms with Crippen LogP contribution in [-0.4, -0.2) is 16.5 Å². The van der Waals surface area contributed by atoms with Crippen molar-refractivity contribution in [3.8, 4) is 0 Å². The van der Waals surface area contributed by atoms with Gasteiger partial charge >= 0.3 is 6.18 Å². The van der Waals surface area contributed by atoms with E-state index in [2.05, 4.69) is 15.3 Å². The molecule has 1 atom stereocenters. The van der Waals surface area contributed by atoms with Crippen LogP contribution in [0.2, 0.25) is 0 Å². The van der Waals surface area contributed by atoms with E-state index in [9.17, 15) is 13.2 Å². The van der Waals surface area contributed by atoms with Gasteiger partial charge in [-0.1, -0.05) is 13.0 Å². The van der Waals surface area contributed by atoms with Crippen molar-refractivity contribution in [2.24, 2.45) is 0 Å². The van der Waals surface area contributed by atoms with E-state index in [-0.39, 0.29) is 6.04 Å². The highest BCUT2D eigenvalue weighted by molar-refractivity contribution is 7.11. The molecule has 0 fully saturated rings. The highest BCUT2D eigenvalue weighted by Crippen LogP contribution is 2.35. The molecule has 2 rings (SSSR count). The zero-order valence-electron chi connectivity index (χ0n) is 11.5. The molecule has 3 nitrogen and oxygen atoms in total. The lowest BCUT2D eigenvalue weighted by atomic mass is 10.1. The average molecular weight is 315 g/mol. The van der Waals surface area contributed by atoms with Gasteiger partial charge in [-0.15, -0.1) is 11.3 Å². The van der Waals surface area contributed by atoms with Gasteiger partial charge in [-0.25, -0.2) is 4.98 Å². The second-order valence-corrected chi connectivity index (χ2v) is 5.70. The Morgan fingerprint density at radius 2 is 2.14 bits per heavy atom. The monoisotopic (exact) mass is 315 g/mol. The van der Waals surface area contributed by atoms with Gasteiger partial charge in [0, 0.05) is 29.5 Å². The number of halogens is 3. The first kappa shape index (κ1) is 15.9. The number of rotatable bonds is 6. The molecule has 0 aromatic carbocycles. The van der Waals surface area contributed by atoms with Crippen LogP contribution in [0.15, 0.2) is 30.7 Å². The van der Waals surface area contributed by atoms with Gasteiger partial charge in [0.1, 0.15) is 0 Å². The van der Waals surface area contributed by atoms with Gasteiger partial charge in [-0.2, -0.15) is 13.2 Å². The molecule has 2 aromatic heterocycles. The predicted octanol–water partition coefficient (Wildman–Crippen LogP) is 3.84. The number of hydrogen-bond acceptors (Lipinski definition) is 4. The summed E-state index contributed by atoms with van der Waals surface area (Å²) in [5.41, 5.74) is 0.980. The smallest absolute Gasteiger partial charge is 0.309 e. The van der Waals surface area contributed by atoms with Crippen molar-refractivity contribution >= 4 is 11.3 Å². The van der Waals surface area contributed by atoms with Crippen LogP contribution in [0, 0.1) is 0 Å². The van der Waals surface area contributed by atoms with E-state index in [4.69, 9.17) is 0 Å². The summed E-state index contributed by atoms with van der Waals surface area (Å²) in [6.45, 7) is 2.76. The lowest BCUT2D eigenvalue weighted by molar-refractivity contribution is -0.137. The standard InChI is InChI=1S/C14H16F3N3S/c1-2-5-19-11(7-10-4-3-6-18-8-10)12-9-20-13(21-12)14(15,16)17/h3-4,6,8-9,11,19H,2,5,7H2,1H3. The average Bonchev–Trinajstić information content (AvgIpc) is 2.94. The third kappa shape index (κ3) is 4.50. The Morgan fingerprint density at radius 1 is 1.33 bits per heavy atom. The van der Waals surface area contributed by atoms with Gasteiger partial charge in [-0.3, -0.25) is 4.98 Å². The maximum absolute atomic E-state index is 12.7. The van der Waals surface area contributed by atoms with E-state index < -0.39 is 11.2 Å². The van der Waals surface area contributed by atoms with Crippen molar-refractivity contribution < 1.29 is 13.2 Å². The van der Waals surface area contributed by atoms with Crippen molar-refractivity contribution in [2.45, 2.75) is 32.0 Å². The maximum atomic E-state index is 12.7. The maximum Gasteiger partial charge on any atom is 0.443 e. The summed E-state index contributed by atoms with van der Waals surface area (Å²) in [5.74, 6) is 0. The summed E-state index contributed by atoms with van der Waals surface area (Å²) in [6, 6.07) is 3.56. The number of thiazole rings is 1. The lowest BCUT2D eigenvalue weighted by Gasteiger charge is -2.16. The number of alkyl halides is 3. The molecular formula is C14H16F3N3S. The van der Waals surface area contributed by atoms with Crippen molar-refractivity contribution in [2.75, 3.05) is 6.54 Å². The van der Waals surface area contributed by atoms with Gasteiger partial charge in [-0.05, 0) is 31.0 Å². The van der Waals surface area contributed by atoms with Gasteiger partial charge in [0.15, 0.2) is 5.01 Å². The van der Waals surface area contributed by atoms with Crippen LogP contribution in [-0.2, 0) is 12.6 Å². The Hall–Kier alpha value is -1.47. The molecule has 0 saturated heterocycles. The third-order valence-corrected chi connectivity index (χ3v) is 4.07. The van der Waals surface area contributed by atoms with E-state index in [0.29, 0.717) is 22.6 Å². The first-order valence-corrected chi connectivity index (χ1v) is 7.47. The molecular weight excluding hydrogens is 299 g/mol. The minimum Gasteiger partial charge on any atom is -0.309 e. The predicted molar refractivity (Wildman–Crippen MR) is 76.1 cm³/mol. The molecule has 1 unspecified atom stereocenters.